The van der Waals surface area contributed by atoms with Gasteiger partial charge < -0.3 is 14.4 Å². The molecule has 0 aliphatic carbocycles. The standard InChI is InChI=1S/C20H27N3O3S/c1-15-4-5-18(10-16(15)2)26-13-20(24)22(3)11-17-14-27-19(21-17)12-23-6-8-25-9-7-23/h4-5,10,14H,6-9,11-13H2,1-3H3. The van der Waals surface area contributed by atoms with Crippen molar-refractivity contribution >= 4 is 17.2 Å². The van der Waals surface area contributed by atoms with E-state index in [0.29, 0.717) is 6.54 Å². The molecule has 1 aromatic carbocycles. The Hall–Kier alpha value is -1.96. The molecule has 0 N–H and O–H groups in total. The molecular weight excluding hydrogens is 362 g/mol. The molecule has 2 heterocycles. The van der Waals surface area contributed by atoms with Gasteiger partial charge >= 0.3 is 0 Å². The van der Waals surface area contributed by atoms with Crippen molar-refractivity contribution in [2.75, 3.05) is 40.0 Å². The van der Waals surface area contributed by atoms with Crippen LogP contribution in [0.5, 0.6) is 5.75 Å². The molecule has 1 saturated heterocycles. The number of amides is 1. The van der Waals surface area contributed by atoms with Gasteiger partial charge in [-0.05, 0) is 37.1 Å². The number of aromatic nitrogens is 1. The van der Waals surface area contributed by atoms with E-state index in [-0.39, 0.29) is 12.5 Å². The van der Waals surface area contributed by atoms with Gasteiger partial charge in [-0.1, -0.05) is 6.07 Å². The van der Waals surface area contributed by atoms with E-state index in [1.807, 2.05) is 30.5 Å². The predicted molar refractivity (Wildman–Crippen MR) is 106 cm³/mol. The summed E-state index contributed by atoms with van der Waals surface area (Å²) in [7, 11) is 1.78. The van der Waals surface area contributed by atoms with Gasteiger partial charge in [0.05, 0.1) is 32.0 Å². The topological polar surface area (TPSA) is 54.9 Å². The minimum absolute atomic E-state index is 0.0315. The molecule has 2 aromatic rings. The average Bonchev–Trinajstić information content (AvgIpc) is 3.10. The van der Waals surface area contributed by atoms with Gasteiger partial charge in [-0.25, -0.2) is 4.98 Å². The molecule has 1 aliphatic rings. The van der Waals surface area contributed by atoms with E-state index in [0.717, 1.165) is 54.9 Å². The normalized spacial score (nSPS) is 14.9. The summed E-state index contributed by atoms with van der Waals surface area (Å²) in [4.78, 5) is 21.0. The third kappa shape index (κ3) is 5.76. The number of hydrogen-bond donors (Lipinski definition) is 0. The molecule has 146 valence electrons. The summed E-state index contributed by atoms with van der Waals surface area (Å²) in [5.41, 5.74) is 3.29. The number of carbonyl (C=O) groups is 1. The van der Waals surface area contributed by atoms with Crippen molar-refractivity contribution in [1.29, 1.82) is 0 Å². The number of aryl methyl sites for hydroxylation is 2. The molecule has 0 atom stereocenters. The minimum Gasteiger partial charge on any atom is -0.484 e. The summed E-state index contributed by atoms with van der Waals surface area (Å²) >= 11 is 1.65. The van der Waals surface area contributed by atoms with Gasteiger partial charge in [-0.15, -0.1) is 11.3 Å². The number of morpholine rings is 1. The average molecular weight is 390 g/mol. The fourth-order valence-electron chi connectivity index (χ4n) is 2.83. The molecule has 1 aliphatic heterocycles. The van der Waals surface area contributed by atoms with Crippen molar-refractivity contribution in [3.8, 4) is 5.75 Å². The zero-order valence-electron chi connectivity index (χ0n) is 16.2. The van der Waals surface area contributed by atoms with Crippen LogP contribution >= 0.6 is 11.3 Å². The maximum atomic E-state index is 12.4. The molecule has 1 fully saturated rings. The molecule has 1 aromatic heterocycles. The van der Waals surface area contributed by atoms with E-state index in [4.69, 9.17) is 9.47 Å². The first-order valence-corrected chi connectivity index (χ1v) is 10.1. The summed E-state index contributed by atoms with van der Waals surface area (Å²) in [5, 5.41) is 3.11. The van der Waals surface area contributed by atoms with Crippen molar-refractivity contribution in [3.63, 3.8) is 0 Å². The number of rotatable bonds is 7. The van der Waals surface area contributed by atoms with Crippen molar-refractivity contribution in [2.45, 2.75) is 26.9 Å². The molecule has 7 heteroatoms. The molecule has 0 bridgehead atoms. The number of hydrogen-bond acceptors (Lipinski definition) is 6. The third-order valence-corrected chi connectivity index (χ3v) is 5.61. The first-order valence-electron chi connectivity index (χ1n) is 9.18. The van der Waals surface area contributed by atoms with E-state index in [1.165, 1.54) is 5.56 Å². The van der Waals surface area contributed by atoms with Crippen LogP contribution in [0.4, 0.5) is 0 Å². The Bertz CT molecular complexity index is 772. The zero-order valence-corrected chi connectivity index (χ0v) is 17.1. The molecule has 1 amide bonds. The van der Waals surface area contributed by atoms with Crippen LogP contribution in [0.15, 0.2) is 23.6 Å². The first kappa shape index (κ1) is 19.8. The third-order valence-electron chi connectivity index (χ3n) is 4.73. The Balaban J connectivity index is 1.46. The summed E-state index contributed by atoms with van der Waals surface area (Å²) in [5.74, 6) is 0.664. The fourth-order valence-corrected chi connectivity index (χ4v) is 3.66. The van der Waals surface area contributed by atoms with Crippen molar-refractivity contribution in [2.24, 2.45) is 0 Å². The second-order valence-corrected chi connectivity index (χ2v) is 7.85. The Morgan fingerprint density at radius 3 is 2.81 bits per heavy atom. The van der Waals surface area contributed by atoms with Gasteiger partial charge in [0.1, 0.15) is 10.8 Å². The molecule has 0 saturated carbocycles. The zero-order chi connectivity index (χ0) is 19.2. The SMILES string of the molecule is Cc1ccc(OCC(=O)N(C)Cc2csc(CN3CCOCC3)n2)cc1C. The van der Waals surface area contributed by atoms with Gasteiger partial charge in [0, 0.05) is 25.5 Å². The fraction of sp³-hybridized carbons (Fsp3) is 0.500. The molecule has 0 unspecified atom stereocenters. The minimum atomic E-state index is -0.0593. The smallest absolute Gasteiger partial charge is 0.260 e. The Morgan fingerprint density at radius 2 is 2.07 bits per heavy atom. The highest BCUT2D eigenvalue weighted by Gasteiger charge is 2.15. The maximum Gasteiger partial charge on any atom is 0.260 e. The van der Waals surface area contributed by atoms with Crippen molar-refractivity contribution in [1.82, 2.24) is 14.8 Å². The van der Waals surface area contributed by atoms with Crippen LogP contribution in [0.25, 0.3) is 0 Å². The van der Waals surface area contributed by atoms with Crippen LogP contribution in [0.3, 0.4) is 0 Å². The highest BCUT2D eigenvalue weighted by molar-refractivity contribution is 7.09. The number of carbonyl (C=O) groups excluding carboxylic acids is 1. The summed E-state index contributed by atoms with van der Waals surface area (Å²) in [6, 6.07) is 5.86. The number of thiazole rings is 1. The van der Waals surface area contributed by atoms with Gasteiger partial charge in [-0.3, -0.25) is 9.69 Å². The lowest BCUT2D eigenvalue weighted by atomic mass is 10.1. The van der Waals surface area contributed by atoms with Gasteiger partial charge in [0.25, 0.3) is 5.91 Å². The van der Waals surface area contributed by atoms with Crippen LogP contribution < -0.4 is 4.74 Å². The summed E-state index contributed by atoms with van der Waals surface area (Å²) in [6.45, 7) is 8.93. The first-order chi connectivity index (χ1) is 13.0. The van der Waals surface area contributed by atoms with E-state index in [2.05, 4.69) is 16.8 Å². The van der Waals surface area contributed by atoms with Crippen LogP contribution in [-0.2, 0) is 22.6 Å². The Labute approximate surface area is 164 Å². The second kappa shape index (κ2) is 9.30. The predicted octanol–water partition coefficient (Wildman–Crippen LogP) is 2.63. The highest BCUT2D eigenvalue weighted by Crippen LogP contribution is 2.17. The van der Waals surface area contributed by atoms with Gasteiger partial charge in [-0.2, -0.15) is 0 Å². The van der Waals surface area contributed by atoms with Crippen LogP contribution in [0, 0.1) is 13.8 Å². The summed E-state index contributed by atoms with van der Waals surface area (Å²) in [6.07, 6.45) is 0. The Kier molecular flexibility index (Phi) is 6.82. The Morgan fingerprint density at radius 1 is 1.30 bits per heavy atom. The number of likely N-dealkylation sites (N-methyl/N-ethyl adjacent to an activating group) is 1. The lowest BCUT2D eigenvalue weighted by molar-refractivity contribution is -0.132. The molecular formula is C20H27N3O3S. The van der Waals surface area contributed by atoms with Crippen molar-refractivity contribution < 1.29 is 14.3 Å². The molecule has 6 nitrogen and oxygen atoms in total. The van der Waals surface area contributed by atoms with E-state index in [1.54, 1.807) is 23.3 Å². The van der Waals surface area contributed by atoms with E-state index < -0.39 is 0 Å². The van der Waals surface area contributed by atoms with Crippen molar-refractivity contribution in [3.05, 3.63) is 45.4 Å². The summed E-state index contributed by atoms with van der Waals surface area (Å²) < 4.78 is 11.0. The molecule has 0 radical (unpaired) electrons. The number of ether oxygens (including phenoxy) is 2. The number of benzene rings is 1. The van der Waals surface area contributed by atoms with Crippen LogP contribution in [-0.4, -0.2) is 60.6 Å². The monoisotopic (exact) mass is 389 g/mol. The highest BCUT2D eigenvalue weighted by atomic mass is 32.1. The number of nitrogens with zero attached hydrogens (tertiary/aromatic N) is 3. The van der Waals surface area contributed by atoms with Gasteiger partial charge in [0.2, 0.25) is 0 Å². The van der Waals surface area contributed by atoms with E-state index in [9.17, 15) is 4.79 Å². The lowest BCUT2D eigenvalue weighted by Crippen LogP contribution is -2.35. The lowest BCUT2D eigenvalue weighted by Gasteiger charge is -2.25. The second-order valence-electron chi connectivity index (χ2n) is 6.91. The van der Waals surface area contributed by atoms with E-state index >= 15 is 0 Å². The van der Waals surface area contributed by atoms with Crippen LogP contribution in [0.1, 0.15) is 21.8 Å². The molecule has 3 rings (SSSR count). The van der Waals surface area contributed by atoms with Crippen LogP contribution in [0.2, 0.25) is 0 Å². The quantitative estimate of drug-likeness (QED) is 0.729. The molecule has 27 heavy (non-hydrogen) atoms. The van der Waals surface area contributed by atoms with Gasteiger partial charge in [0.15, 0.2) is 6.61 Å². The largest absolute Gasteiger partial charge is 0.484 e. The molecule has 0 spiro atoms. The maximum absolute atomic E-state index is 12.4.